The number of ether oxygens (including phenoxy) is 1. The fourth-order valence-electron chi connectivity index (χ4n) is 13.4. The number of carbonyl (C=O) groups excluding carboxylic acids is 3. The number of carboxylic acid groups (broad SMARTS) is 1. The van der Waals surface area contributed by atoms with Crippen molar-refractivity contribution < 1.29 is 34.1 Å². The van der Waals surface area contributed by atoms with Crippen LogP contribution in [-0.4, -0.2) is 69.0 Å². The average Bonchev–Trinajstić information content (AvgIpc) is 3.42. The Bertz CT molecular complexity index is 1720. The summed E-state index contributed by atoms with van der Waals surface area (Å²) in [4.78, 5) is 58.3. The molecule has 0 radical (unpaired) electrons. The van der Waals surface area contributed by atoms with Crippen LogP contribution in [0.25, 0.3) is 0 Å². The first-order valence-corrected chi connectivity index (χ1v) is 20.9. The largest absolute Gasteiger partial charge is 0.481 e. The first-order chi connectivity index (χ1) is 25.6. The summed E-state index contributed by atoms with van der Waals surface area (Å²) in [5, 5.41) is 22.1. The second-order valence-electron chi connectivity index (χ2n) is 20.4. The molecule has 304 valence electrons. The van der Waals surface area contributed by atoms with Crippen molar-refractivity contribution >= 4 is 23.6 Å². The molecule has 5 aliphatic rings. The Morgan fingerprint density at radius 3 is 2.31 bits per heavy atom. The molecular weight excluding hydrogens is 695 g/mol. The molecule has 4 fully saturated rings. The first kappa shape index (κ1) is 41.5. The number of hydrogen-bond acceptors (Lipinski definition) is 8. The molecule has 10 nitrogen and oxygen atoms in total. The molecule has 0 aromatic carbocycles. The Morgan fingerprint density at radius 2 is 1.69 bits per heavy atom. The number of aliphatic carboxylic acids is 1. The van der Waals surface area contributed by atoms with Gasteiger partial charge >= 0.3 is 11.9 Å². The van der Waals surface area contributed by atoms with E-state index < -0.39 is 28.9 Å². The molecule has 0 spiro atoms. The molecule has 6 rings (SSSR count). The van der Waals surface area contributed by atoms with Crippen LogP contribution < -0.4 is 5.73 Å². The normalized spacial score (nSPS) is 36.0. The smallest absolute Gasteiger partial charge is 0.309 e. The predicted octanol–water partition coefficient (Wildman–Crippen LogP) is 7.12. The number of Topliss-reactive ketones (excluding diaryl/α,β-unsaturated/α-hetero) is 1. The molecule has 5 aliphatic carbocycles. The van der Waals surface area contributed by atoms with Crippen molar-refractivity contribution in [2.24, 2.45) is 61.9 Å². The third kappa shape index (κ3) is 6.59. The Morgan fingerprint density at radius 1 is 0.982 bits per heavy atom. The van der Waals surface area contributed by atoms with Crippen LogP contribution in [-0.2, 0) is 30.5 Å². The molecule has 1 aromatic rings. The number of aliphatic hydroxyl groups excluding tert-OH is 1. The number of aromatic nitrogens is 1. The van der Waals surface area contributed by atoms with Gasteiger partial charge in [0.05, 0.1) is 36.7 Å². The molecule has 4 saturated carbocycles. The third-order valence-electron chi connectivity index (χ3n) is 16.5. The quantitative estimate of drug-likeness (QED) is 0.200. The Balaban J connectivity index is 1.30. The zero-order chi connectivity index (χ0) is 40.5. The highest BCUT2D eigenvalue weighted by Gasteiger charge is 2.71. The summed E-state index contributed by atoms with van der Waals surface area (Å²) in [6.45, 7) is 19.5. The predicted molar refractivity (Wildman–Crippen MR) is 210 cm³/mol. The molecule has 1 amide bonds. The number of aliphatic hydroxyl groups is 1. The van der Waals surface area contributed by atoms with E-state index in [4.69, 9.17) is 10.5 Å². The number of ketones is 1. The molecule has 9 atom stereocenters. The van der Waals surface area contributed by atoms with Gasteiger partial charge in [0.2, 0.25) is 5.91 Å². The van der Waals surface area contributed by atoms with Crippen molar-refractivity contribution in [3.63, 3.8) is 0 Å². The average molecular weight is 762 g/mol. The third-order valence-corrected chi connectivity index (χ3v) is 16.5. The summed E-state index contributed by atoms with van der Waals surface area (Å²) in [6, 6.07) is 5.58. The zero-order valence-electron chi connectivity index (χ0n) is 34.9. The number of allylic oxidation sites excluding steroid dienone is 1. The van der Waals surface area contributed by atoms with Crippen molar-refractivity contribution in [2.75, 3.05) is 13.1 Å². The van der Waals surface area contributed by atoms with Gasteiger partial charge in [0.1, 0.15) is 6.10 Å². The second kappa shape index (κ2) is 14.4. The molecular formula is C45H67N3O7. The number of fused-ring (bicyclic) bond motifs is 7. The lowest BCUT2D eigenvalue weighted by Gasteiger charge is -2.72. The van der Waals surface area contributed by atoms with Crippen LogP contribution in [0.4, 0.5) is 0 Å². The monoisotopic (exact) mass is 761 g/mol. The number of esters is 1. The zero-order valence-corrected chi connectivity index (χ0v) is 34.9. The van der Waals surface area contributed by atoms with Crippen LogP contribution in [0.15, 0.2) is 35.5 Å². The molecule has 55 heavy (non-hydrogen) atoms. The van der Waals surface area contributed by atoms with E-state index in [1.807, 2.05) is 18.2 Å². The van der Waals surface area contributed by atoms with E-state index in [1.165, 1.54) is 5.57 Å². The maximum atomic E-state index is 14.2. The number of nitrogens with zero attached hydrogens (tertiary/aromatic N) is 2. The summed E-state index contributed by atoms with van der Waals surface area (Å²) < 4.78 is 6.16. The van der Waals surface area contributed by atoms with E-state index in [-0.39, 0.29) is 83.8 Å². The Labute approximate surface area is 328 Å². The molecule has 0 saturated heterocycles. The van der Waals surface area contributed by atoms with E-state index in [2.05, 4.69) is 53.5 Å². The van der Waals surface area contributed by atoms with Gasteiger partial charge in [-0.15, -0.1) is 0 Å². The number of pyridine rings is 1. The minimum Gasteiger partial charge on any atom is -0.481 e. The van der Waals surface area contributed by atoms with Crippen molar-refractivity contribution in [1.29, 1.82) is 0 Å². The molecule has 0 bridgehead atoms. The number of carbonyl (C=O) groups is 4. The molecule has 1 heterocycles. The second-order valence-corrected chi connectivity index (χ2v) is 20.4. The van der Waals surface area contributed by atoms with Gasteiger partial charge in [-0.05, 0) is 123 Å². The first-order valence-electron chi connectivity index (χ1n) is 20.9. The van der Waals surface area contributed by atoms with Gasteiger partial charge in [-0.1, -0.05) is 60.1 Å². The van der Waals surface area contributed by atoms with E-state index in [9.17, 15) is 29.4 Å². The summed E-state index contributed by atoms with van der Waals surface area (Å²) in [7, 11) is 0. The Kier molecular flexibility index (Phi) is 10.8. The van der Waals surface area contributed by atoms with E-state index >= 15 is 0 Å². The number of nitrogens with two attached hydrogens (primary N) is 1. The van der Waals surface area contributed by atoms with Crippen LogP contribution >= 0.6 is 0 Å². The van der Waals surface area contributed by atoms with Gasteiger partial charge < -0.3 is 25.6 Å². The van der Waals surface area contributed by atoms with Gasteiger partial charge in [0, 0.05) is 30.0 Å². The number of carboxylic acids is 1. The minimum absolute atomic E-state index is 0.0110. The SMILES string of the molecule is CC(C)C1=C2[C@H]3CC[C@@H]4[C@@]5(C)CC[C@H](OC(=O)CC(C)(C)C(=O)O)C(C)(C)[C@@H]5CC[C@@]4(C)[C@]3(C)CC[C@@]2(C(O)CN(Cc2ccccn2)C(=O)CN)CC1=O. The fraction of sp³-hybridized carbons (Fsp3) is 0.756. The van der Waals surface area contributed by atoms with Gasteiger partial charge in [0.15, 0.2) is 5.78 Å². The van der Waals surface area contributed by atoms with E-state index in [1.54, 1.807) is 24.9 Å². The summed E-state index contributed by atoms with van der Waals surface area (Å²) >= 11 is 0. The standard InChI is InChI=1S/C45H67N3O7/c1-27(2)37-30(49)22-45(33(50)26-48(35(51)24-46)25-28-12-10-11-21-47-28)20-19-43(8)29(38(37)45)13-14-32-42(7)17-16-34(55-36(52)23-40(3,4)39(53)54)41(5,6)31(42)15-18-44(32,43)9/h10-12,21,27,29,31-34,50H,13-20,22-26,46H2,1-9H3,(H,53,54)/t29-,31+,32-,33?,34+,42+,43-,44-,45+/m1/s1. The van der Waals surface area contributed by atoms with Gasteiger partial charge in [0.25, 0.3) is 0 Å². The summed E-state index contributed by atoms with van der Waals surface area (Å²) in [6.07, 6.45) is 7.85. The van der Waals surface area contributed by atoms with Crippen molar-refractivity contribution in [3.8, 4) is 0 Å². The summed E-state index contributed by atoms with van der Waals surface area (Å²) in [5.41, 5.74) is 6.35. The molecule has 10 heteroatoms. The summed E-state index contributed by atoms with van der Waals surface area (Å²) in [5.74, 6) is -0.655. The highest BCUT2D eigenvalue weighted by molar-refractivity contribution is 6.00. The molecule has 1 unspecified atom stereocenters. The minimum atomic E-state index is -1.19. The van der Waals surface area contributed by atoms with Gasteiger partial charge in [-0.2, -0.15) is 0 Å². The van der Waals surface area contributed by atoms with Crippen molar-refractivity contribution in [1.82, 2.24) is 9.88 Å². The Hall–Kier alpha value is -3.11. The maximum absolute atomic E-state index is 14.2. The lowest BCUT2D eigenvalue weighted by atomic mass is 9.33. The number of amides is 1. The van der Waals surface area contributed by atoms with Crippen molar-refractivity contribution in [2.45, 2.75) is 145 Å². The van der Waals surface area contributed by atoms with Gasteiger partial charge in [-0.25, -0.2) is 0 Å². The van der Waals surface area contributed by atoms with E-state index in [0.29, 0.717) is 18.3 Å². The molecule has 0 aliphatic heterocycles. The van der Waals surface area contributed by atoms with Crippen LogP contribution in [0.3, 0.4) is 0 Å². The molecule has 4 N–H and O–H groups in total. The highest BCUT2D eigenvalue weighted by Crippen LogP contribution is 2.77. The maximum Gasteiger partial charge on any atom is 0.309 e. The fourth-order valence-corrected chi connectivity index (χ4v) is 13.4. The topological polar surface area (TPSA) is 160 Å². The van der Waals surface area contributed by atoms with E-state index in [0.717, 1.165) is 56.2 Å². The molecule has 1 aromatic heterocycles. The van der Waals surface area contributed by atoms with Crippen molar-refractivity contribution in [3.05, 3.63) is 41.2 Å². The van der Waals surface area contributed by atoms with Gasteiger partial charge in [-0.3, -0.25) is 24.2 Å². The highest BCUT2D eigenvalue weighted by atomic mass is 16.5. The lowest BCUT2D eigenvalue weighted by Crippen LogP contribution is -2.66. The number of rotatable bonds is 11. The van der Waals surface area contributed by atoms with Crippen LogP contribution in [0, 0.1) is 56.2 Å². The van der Waals surface area contributed by atoms with Crippen LogP contribution in [0.2, 0.25) is 0 Å². The van der Waals surface area contributed by atoms with Crippen LogP contribution in [0.5, 0.6) is 0 Å². The number of hydrogen-bond donors (Lipinski definition) is 3. The lowest BCUT2D eigenvalue weighted by molar-refractivity contribution is -0.235. The van der Waals surface area contributed by atoms with Crippen LogP contribution in [0.1, 0.15) is 132 Å².